The number of pyridine rings is 1. The molecule has 0 saturated carbocycles. The standard InChI is InChI=1S/C18H22ClN5O2/c1-4-6-15-13(3)26-17(21-15)22-18(25)24-10-9-23(11-12(24)2)16-14(19)7-5-8-20-16/h4-8,12H,9-11H2,1-3H3,(H,21,22,25)/b6-4-. The fourth-order valence-corrected chi connectivity index (χ4v) is 3.24. The molecule has 1 saturated heterocycles. The van der Waals surface area contributed by atoms with Gasteiger partial charge in [0.25, 0.3) is 0 Å². The predicted octanol–water partition coefficient (Wildman–Crippen LogP) is 3.81. The monoisotopic (exact) mass is 375 g/mol. The number of hydrogen-bond donors (Lipinski definition) is 1. The summed E-state index contributed by atoms with van der Waals surface area (Å²) in [6, 6.07) is 3.61. The molecule has 2 amide bonds. The summed E-state index contributed by atoms with van der Waals surface area (Å²) < 4.78 is 5.51. The van der Waals surface area contributed by atoms with Gasteiger partial charge in [-0.3, -0.25) is 5.32 Å². The van der Waals surface area contributed by atoms with Crippen molar-refractivity contribution in [2.45, 2.75) is 26.8 Å². The van der Waals surface area contributed by atoms with Gasteiger partial charge in [-0.05, 0) is 39.0 Å². The minimum atomic E-state index is -0.224. The van der Waals surface area contributed by atoms with E-state index < -0.39 is 0 Å². The zero-order valence-electron chi connectivity index (χ0n) is 15.1. The van der Waals surface area contributed by atoms with Crippen molar-refractivity contribution in [3.63, 3.8) is 0 Å². The highest BCUT2D eigenvalue weighted by Gasteiger charge is 2.29. The summed E-state index contributed by atoms with van der Waals surface area (Å²) >= 11 is 6.23. The van der Waals surface area contributed by atoms with E-state index in [-0.39, 0.29) is 18.1 Å². The molecule has 0 bridgehead atoms. The Balaban J connectivity index is 1.65. The fourth-order valence-electron chi connectivity index (χ4n) is 3.00. The number of halogens is 1. The Kier molecular flexibility index (Phi) is 5.46. The number of nitrogens with zero attached hydrogens (tertiary/aromatic N) is 4. The number of anilines is 2. The van der Waals surface area contributed by atoms with E-state index in [0.29, 0.717) is 36.1 Å². The van der Waals surface area contributed by atoms with E-state index in [1.54, 1.807) is 17.2 Å². The number of carbonyl (C=O) groups excluding carboxylic acids is 1. The average molecular weight is 376 g/mol. The van der Waals surface area contributed by atoms with Crippen molar-refractivity contribution in [2.24, 2.45) is 0 Å². The average Bonchev–Trinajstić information content (AvgIpc) is 2.94. The maximum absolute atomic E-state index is 12.6. The first-order chi connectivity index (χ1) is 12.5. The van der Waals surface area contributed by atoms with Crippen LogP contribution in [0.15, 0.2) is 28.8 Å². The van der Waals surface area contributed by atoms with Gasteiger partial charge in [0.05, 0.1) is 5.02 Å². The number of allylic oxidation sites excluding steroid dienone is 1. The largest absolute Gasteiger partial charge is 0.428 e. The smallest absolute Gasteiger partial charge is 0.325 e. The van der Waals surface area contributed by atoms with Gasteiger partial charge in [-0.15, -0.1) is 0 Å². The van der Waals surface area contributed by atoms with E-state index in [0.717, 1.165) is 5.82 Å². The van der Waals surface area contributed by atoms with E-state index in [4.69, 9.17) is 16.0 Å². The van der Waals surface area contributed by atoms with Gasteiger partial charge in [0.15, 0.2) is 0 Å². The third-order valence-corrected chi connectivity index (χ3v) is 4.59. The van der Waals surface area contributed by atoms with Crippen molar-refractivity contribution in [1.29, 1.82) is 0 Å². The predicted molar refractivity (Wildman–Crippen MR) is 103 cm³/mol. The molecule has 1 fully saturated rings. The molecule has 0 aliphatic carbocycles. The van der Waals surface area contributed by atoms with Gasteiger partial charge in [-0.1, -0.05) is 17.7 Å². The second-order valence-electron chi connectivity index (χ2n) is 6.19. The summed E-state index contributed by atoms with van der Waals surface area (Å²) in [5, 5.41) is 3.36. The molecule has 138 valence electrons. The summed E-state index contributed by atoms with van der Waals surface area (Å²) in [6.45, 7) is 7.58. The first kappa shape index (κ1) is 18.3. The van der Waals surface area contributed by atoms with E-state index >= 15 is 0 Å². The third-order valence-electron chi connectivity index (χ3n) is 4.30. The normalized spacial score (nSPS) is 17.8. The molecule has 1 aliphatic rings. The molecular weight excluding hydrogens is 354 g/mol. The van der Waals surface area contributed by atoms with Crippen LogP contribution in [0.3, 0.4) is 0 Å². The fraction of sp³-hybridized carbons (Fsp3) is 0.389. The lowest BCUT2D eigenvalue weighted by atomic mass is 10.2. The summed E-state index contributed by atoms with van der Waals surface area (Å²) in [5.74, 6) is 1.42. The van der Waals surface area contributed by atoms with Gasteiger partial charge < -0.3 is 14.2 Å². The van der Waals surface area contributed by atoms with Crippen LogP contribution in [0.1, 0.15) is 25.3 Å². The number of oxazole rings is 1. The molecule has 0 radical (unpaired) electrons. The van der Waals surface area contributed by atoms with Gasteiger partial charge in [-0.25, -0.2) is 9.78 Å². The maximum Gasteiger partial charge on any atom is 0.325 e. The maximum atomic E-state index is 12.6. The second-order valence-corrected chi connectivity index (χ2v) is 6.60. The third kappa shape index (κ3) is 3.83. The lowest BCUT2D eigenvalue weighted by Gasteiger charge is -2.40. The molecule has 26 heavy (non-hydrogen) atoms. The summed E-state index contributed by atoms with van der Waals surface area (Å²) in [6.07, 6.45) is 5.44. The van der Waals surface area contributed by atoms with E-state index in [1.807, 2.05) is 39.0 Å². The Morgan fingerprint density at radius 2 is 2.27 bits per heavy atom. The van der Waals surface area contributed by atoms with Crippen LogP contribution in [0, 0.1) is 6.92 Å². The van der Waals surface area contributed by atoms with Crippen LogP contribution in [0.4, 0.5) is 16.6 Å². The van der Waals surface area contributed by atoms with Gasteiger partial charge >= 0.3 is 12.0 Å². The highest BCUT2D eigenvalue weighted by atomic mass is 35.5. The number of rotatable bonds is 3. The Hall–Kier alpha value is -2.54. The Morgan fingerprint density at radius 1 is 1.46 bits per heavy atom. The minimum Gasteiger partial charge on any atom is -0.428 e. The molecule has 1 N–H and O–H groups in total. The van der Waals surface area contributed by atoms with E-state index in [2.05, 4.69) is 20.2 Å². The molecule has 7 nitrogen and oxygen atoms in total. The van der Waals surface area contributed by atoms with Crippen LogP contribution < -0.4 is 10.2 Å². The van der Waals surface area contributed by atoms with Crippen molar-refractivity contribution in [3.05, 3.63) is 40.9 Å². The quantitative estimate of drug-likeness (QED) is 0.882. The molecule has 3 rings (SSSR count). The highest BCUT2D eigenvalue weighted by molar-refractivity contribution is 6.32. The molecule has 1 unspecified atom stereocenters. The topological polar surface area (TPSA) is 74.5 Å². The number of amides is 2. The number of aryl methyl sites for hydroxylation is 1. The number of piperazine rings is 1. The molecule has 3 heterocycles. The lowest BCUT2D eigenvalue weighted by molar-refractivity contribution is 0.184. The number of urea groups is 1. The zero-order valence-corrected chi connectivity index (χ0v) is 15.8. The molecule has 1 atom stereocenters. The summed E-state index contributed by atoms with van der Waals surface area (Å²) in [4.78, 5) is 25.1. The number of nitrogens with one attached hydrogen (secondary N) is 1. The molecule has 1 aliphatic heterocycles. The Bertz CT molecular complexity index is 820. The molecule has 0 spiro atoms. The van der Waals surface area contributed by atoms with Crippen molar-refractivity contribution in [3.8, 4) is 0 Å². The number of hydrogen-bond acceptors (Lipinski definition) is 5. The van der Waals surface area contributed by atoms with Crippen LogP contribution in [0.2, 0.25) is 5.02 Å². The van der Waals surface area contributed by atoms with Gasteiger partial charge in [-0.2, -0.15) is 4.98 Å². The minimum absolute atomic E-state index is 0.00658. The van der Waals surface area contributed by atoms with Gasteiger partial charge in [0.2, 0.25) is 0 Å². The van der Waals surface area contributed by atoms with Crippen LogP contribution in [0.5, 0.6) is 0 Å². The molecule has 2 aromatic heterocycles. The van der Waals surface area contributed by atoms with Crippen molar-refractivity contribution < 1.29 is 9.21 Å². The lowest BCUT2D eigenvalue weighted by Crippen LogP contribution is -2.55. The number of carbonyl (C=O) groups is 1. The van der Waals surface area contributed by atoms with Gasteiger partial charge in [0.1, 0.15) is 17.3 Å². The van der Waals surface area contributed by atoms with Crippen molar-refractivity contribution in [1.82, 2.24) is 14.9 Å². The van der Waals surface area contributed by atoms with Crippen molar-refractivity contribution >= 4 is 35.5 Å². The summed E-state index contributed by atoms with van der Waals surface area (Å²) in [7, 11) is 0. The van der Waals surface area contributed by atoms with Gasteiger partial charge in [0, 0.05) is 31.9 Å². The Morgan fingerprint density at radius 3 is 2.96 bits per heavy atom. The van der Waals surface area contributed by atoms with Crippen molar-refractivity contribution in [2.75, 3.05) is 29.9 Å². The first-order valence-electron chi connectivity index (χ1n) is 8.52. The van der Waals surface area contributed by atoms with Crippen LogP contribution >= 0.6 is 11.6 Å². The van der Waals surface area contributed by atoms with E-state index in [1.165, 1.54) is 0 Å². The molecule has 2 aromatic rings. The van der Waals surface area contributed by atoms with Crippen LogP contribution in [0.25, 0.3) is 6.08 Å². The molecule has 8 heteroatoms. The second kappa shape index (κ2) is 7.78. The molecular formula is C18H22ClN5O2. The first-order valence-corrected chi connectivity index (χ1v) is 8.90. The zero-order chi connectivity index (χ0) is 18.7. The molecule has 0 aromatic carbocycles. The highest BCUT2D eigenvalue weighted by Crippen LogP contribution is 2.25. The Labute approximate surface area is 157 Å². The van der Waals surface area contributed by atoms with Crippen LogP contribution in [-0.2, 0) is 0 Å². The van der Waals surface area contributed by atoms with Crippen LogP contribution in [-0.4, -0.2) is 46.6 Å². The summed E-state index contributed by atoms with van der Waals surface area (Å²) in [5.41, 5.74) is 0.713. The SMILES string of the molecule is C/C=C\c1nc(NC(=O)N2CCN(c3ncccc3Cl)CC2C)oc1C. The number of aromatic nitrogens is 2. The van der Waals surface area contributed by atoms with E-state index in [9.17, 15) is 4.79 Å².